The highest BCUT2D eigenvalue weighted by Crippen LogP contribution is 2.30. The topological polar surface area (TPSA) is 82.8 Å². The van der Waals surface area contributed by atoms with Crippen LogP contribution in [0.25, 0.3) is 21.7 Å². The van der Waals surface area contributed by atoms with Gasteiger partial charge in [-0.05, 0) is 30.3 Å². The van der Waals surface area contributed by atoms with Crippen molar-refractivity contribution in [3.8, 4) is 11.5 Å². The quantitative estimate of drug-likeness (QED) is 0.398. The zero-order valence-electron chi connectivity index (χ0n) is 13.1. The van der Waals surface area contributed by atoms with Gasteiger partial charge in [-0.3, -0.25) is 0 Å². The minimum Gasteiger partial charge on any atom is -0.497 e. The molecule has 6 nitrogen and oxygen atoms in total. The van der Waals surface area contributed by atoms with E-state index in [0.29, 0.717) is 16.5 Å². The van der Waals surface area contributed by atoms with Crippen molar-refractivity contribution < 1.29 is 30.5 Å². The summed E-state index contributed by atoms with van der Waals surface area (Å²) in [6.45, 7) is 0.213. The summed E-state index contributed by atoms with van der Waals surface area (Å²) in [5.41, 5.74) is -0.669. The standard InChI is InChI=1S/C16H12F2O6S/c1-16(17,18)25(20,21)24-10-4-6-12-11-5-3-9(22-2)7-13(11)15(19)23-14(12)8-10/h3-8H,1-2H3. The van der Waals surface area contributed by atoms with Crippen LogP contribution in [-0.2, 0) is 10.1 Å². The molecule has 9 heteroatoms. The van der Waals surface area contributed by atoms with Crippen LogP contribution < -0.4 is 14.5 Å². The normalized spacial score (nSPS) is 12.5. The number of fused-ring (bicyclic) bond motifs is 3. The number of methoxy groups -OCH3 is 1. The lowest BCUT2D eigenvalue weighted by Crippen LogP contribution is -2.29. The highest BCUT2D eigenvalue weighted by Gasteiger charge is 2.42. The average Bonchev–Trinajstić information content (AvgIpc) is 2.53. The number of hydrogen-bond donors (Lipinski definition) is 0. The summed E-state index contributed by atoms with van der Waals surface area (Å²) in [7, 11) is -3.69. The Morgan fingerprint density at radius 2 is 1.64 bits per heavy atom. The first-order valence-corrected chi connectivity index (χ1v) is 8.40. The molecule has 1 aromatic heterocycles. The van der Waals surface area contributed by atoms with Gasteiger partial charge in [-0.15, -0.1) is 0 Å². The first-order valence-electron chi connectivity index (χ1n) is 6.99. The number of hydrogen-bond acceptors (Lipinski definition) is 6. The largest absolute Gasteiger partial charge is 0.497 e. The molecule has 0 spiro atoms. The monoisotopic (exact) mass is 370 g/mol. The second-order valence-corrected chi connectivity index (χ2v) is 7.10. The van der Waals surface area contributed by atoms with Crippen molar-refractivity contribution in [3.63, 3.8) is 0 Å². The van der Waals surface area contributed by atoms with Gasteiger partial charge in [-0.1, -0.05) is 0 Å². The second-order valence-electron chi connectivity index (χ2n) is 5.30. The van der Waals surface area contributed by atoms with Gasteiger partial charge in [-0.25, -0.2) is 4.79 Å². The Bertz CT molecular complexity index is 1130. The predicted octanol–water partition coefficient (Wildman–Crippen LogP) is 3.28. The molecule has 0 aliphatic carbocycles. The fourth-order valence-electron chi connectivity index (χ4n) is 2.27. The third-order valence-corrected chi connectivity index (χ3v) is 4.83. The molecule has 0 aliphatic heterocycles. The predicted molar refractivity (Wildman–Crippen MR) is 86.7 cm³/mol. The van der Waals surface area contributed by atoms with E-state index in [9.17, 15) is 22.0 Å². The highest BCUT2D eigenvalue weighted by molar-refractivity contribution is 7.88. The third kappa shape index (κ3) is 3.02. The van der Waals surface area contributed by atoms with Gasteiger partial charge in [0.05, 0.1) is 12.5 Å². The van der Waals surface area contributed by atoms with Crippen molar-refractivity contribution in [3.05, 3.63) is 46.8 Å². The van der Waals surface area contributed by atoms with Gasteiger partial charge < -0.3 is 13.3 Å². The summed E-state index contributed by atoms with van der Waals surface area (Å²) < 4.78 is 63.5. The summed E-state index contributed by atoms with van der Waals surface area (Å²) in [5, 5.41) is -2.76. The summed E-state index contributed by atoms with van der Waals surface area (Å²) >= 11 is 0. The smallest absolute Gasteiger partial charge is 0.377 e. The first kappa shape index (κ1) is 17.2. The molecule has 3 rings (SSSR count). The first-order chi connectivity index (χ1) is 11.6. The lowest BCUT2D eigenvalue weighted by Gasteiger charge is -2.13. The van der Waals surface area contributed by atoms with E-state index in [1.807, 2.05) is 0 Å². The van der Waals surface area contributed by atoms with Gasteiger partial charge in [0.1, 0.15) is 17.1 Å². The van der Waals surface area contributed by atoms with Gasteiger partial charge in [0.15, 0.2) is 0 Å². The van der Waals surface area contributed by atoms with E-state index in [1.165, 1.54) is 25.3 Å². The van der Waals surface area contributed by atoms with Crippen molar-refractivity contribution in [2.75, 3.05) is 7.11 Å². The number of benzene rings is 2. The Hall–Kier alpha value is -2.68. The van der Waals surface area contributed by atoms with Crippen LogP contribution in [0.4, 0.5) is 8.78 Å². The van der Waals surface area contributed by atoms with E-state index in [-0.39, 0.29) is 23.6 Å². The van der Waals surface area contributed by atoms with Crippen molar-refractivity contribution in [2.24, 2.45) is 0 Å². The highest BCUT2D eigenvalue weighted by atomic mass is 32.2. The van der Waals surface area contributed by atoms with E-state index >= 15 is 0 Å². The fraction of sp³-hybridized carbons (Fsp3) is 0.188. The summed E-state index contributed by atoms with van der Waals surface area (Å²) in [6.07, 6.45) is 0. The van der Waals surface area contributed by atoms with E-state index in [0.717, 1.165) is 6.07 Å². The molecule has 1 heterocycles. The van der Waals surface area contributed by atoms with E-state index in [4.69, 9.17) is 9.15 Å². The maximum atomic E-state index is 13.0. The van der Waals surface area contributed by atoms with Gasteiger partial charge in [0.25, 0.3) is 0 Å². The maximum Gasteiger partial charge on any atom is 0.377 e. The van der Waals surface area contributed by atoms with Crippen molar-refractivity contribution in [1.29, 1.82) is 0 Å². The Labute approximate surface area is 140 Å². The molecule has 0 amide bonds. The minimum absolute atomic E-state index is 0.00906. The van der Waals surface area contributed by atoms with Crippen LogP contribution >= 0.6 is 0 Å². The van der Waals surface area contributed by atoms with Crippen LogP contribution in [0.15, 0.2) is 45.6 Å². The molecule has 0 atom stereocenters. The molecular formula is C16H12F2O6S. The number of alkyl halides is 2. The molecular weight excluding hydrogens is 358 g/mol. The molecule has 0 saturated heterocycles. The Morgan fingerprint density at radius 3 is 2.28 bits per heavy atom. The average molecular weight is 370 g/mol. The molecule has 0 fully saturated rings. The van der Waals surface area contributed by atoms with E-state index in [2.05, 4.69) is 4.18 Å². The molecule has 0 unspecified atom stereocenters. The van der Waals surface area contributed by atoms with E-state index in [1.54, 1.807) is 12.1 Å². The number of rotatable bonds is 4. The van der Waals surface area contributed by atoms with Crippen LogP contribution in [0.2, 0.25) is 0 Å². The van der Waals surface area contributed by atoms with Crippen LogP contribution in [0.5, 0.6) is 11.5 Å². The van der Waals surface area contributed by atoms with Crippen LogP contribution in [-0.4, -0.2) is 20.8 Å². The van der Waals surface area contributed by atoms with Crippen molar-refractivity contribution >= 4 is 31.9 Å². The zero-order chi connectivity index (χ0) is 18.4. The number of halogens is 2. The molecule has 0 radical (unpaired) electrons. The number of ether oxygens (including phenoxy) is 1. The van der Waals surface area contributed by atoms with Gasteiger partial charge in [0, 0.05) is 23.8 Å². The van der Waals surface area contributed by atoms with Crippen molar-refractivity contribution in [2.45, 2.75) is 12.2 Å². The van der Waals surface area contributed by atoms with Crippen LogP contribution in [0, 0.1) is 0 Å². The zero-order valence-corrected chi connectivity index (χ0v) is 13.9. The Morgan fingerprint density at radius 1 is 1.00 bits per heavy atom. The van der Waals surface area contributed by atoms with Crippen molar-refractivity contribution in [1.82, 2.24) is 0 Å². The molecule has 132 valence electrons. The molecule has 2 aromatic carbocycles. The summed E-state index contributed by atoms with van der Waals surface area (Å²) in [4.78, 5) is 12.1. The fourth-order valence-corrected chi connectivity index (χ4v) is 2.77. The maximum absolute atomic E-state index is 13.0. The SMILES string of the molecule is COc1ccc2c(c1)c(=O)oc1cc(OS(=O)(=O)C(C)(F)F)ccc12. The third-order valence-electron chi connectivity index (χ3n) is 3.54. The van der Waals surface area contributed by atoms with Gasteiger partial charge >= 0.3 is 21.0 Å². The molecule has 25 heavy (non-hydrogen) atoms. The minimum atomic E-state index is -5.15. The lowest BCUT2D eigenvalue weighted by molar-refractivity contribution is 0.104. The Balaban J connectivity index is 2.17. The van der Waals surface area contributed by atoms with Crippen LogP contribution in [0.1, 0.15) is 6.92 Å². The summed E-state index contributed by atoms with van der Waals surface area (Å²) in [6, 6.07) is 8.50. The molecule has 3 aromatic rings. The van der Waals surface area contributed by atoms with Gasteiger partial charge in [0.2, 0.25) is 0 Å². The molecule has 0 bridgehead atoms. The molecule has 0 aliphatic rings. The summed E-state index contributed by atoms with van der Waals surface area (Å²) in [5.74, 6) is 0.0837. The second kappa shape index (κ2) is 5.69. The Kier molecular flexibility index (Phi) is 3.91. The lowest BCUT2D eigenvalue weighted by atomic mass is 10.1. The van der Waals surface area contributed by atoms with Crippen LogP contribution in [0.3, 0.4) is 0 Å². The van der Waals surface area contributed by atoms with Gasteiger partial charge in [-0.2, -0.15) is 17.2 Å². The van der Waals surface area contributed by atoms with E-state index < -0.39 is 21.0 Å². The molecule has 0 N–H and O–H groups in total. The molecule has 0 saturated carbocycles.